The quantitative estimate of drug-likeness (QED) is 0.421. The predicted octanol–water partition coefficient (Wildman–Crippen LogP) is 3.16. The smallest absolute Gasteiger partial charge is 0.323 e. The van der Waals surface area contributed by atoms with Crippen LogP contribution in [0.3, 0.4) is 0 Å². The van der Waals surface area contributed by atoms with E-state index >= 15 is 0 Å². The number of hydrogen-bond acceptors (Lipinski definition) is 10. The fourth-order valence-corrected chi connectivity index (χ4v) is 6.44. The van der Waals surface area contributed by atoms with Gasteiger partial charge in [0, 0.05) is 68.3 Å². The number of piperazine rings is 1. The van der Waals surface area contributed by atoms with E-state index in [1.54, 1.807) is 24.3 Å². The van der Waals surface area contributed by atoms with Gasteiger partial charge in [-0.3, -0.25) is 4.79 Å². The number of carbonyl (C=O) groups is 2. The van der Waals surface area contributed by atoms with Crippen LogP contribution in [0, 0.1) is 0 Å². The Bertz CT molecular complexity index is 1530. The highest BCUT2D eigenvalue weighted by atomic mass is 16.5. The van der Waals surface area contributed by atoms with Gasteiger partial charge in [-0.25, -0.2) is 4.79 Å². The molecule has 7 rings (SSSR count). The SMILES string of the molecule is CC1COCCN1c1nc(-c2ccc(NC(=O)Nc3ccc(C(=O)N4CCN(C)CC4)cc3)cc2)nc(N2CC3CCC(C2)O3)n1. The van der Waals surface area contributed by atoms with Crippen LogP contribution in [-0.4, -0.2) is 121 Å². The molecular weight excluding hydrogens is 586 g/mol. The number of rotatable bonds is 6. The van der Waals surface area contributed by atoms with Gasteiger partial charge in [-0.15, -0.1) is 0 Å². The molecule has 13 heteroatoms. The summed E-state index contributed by atoms with van der Waals surface area (Å²) in [5, 5.41) is 5.73. The van der Waals surface area contributed by atoms with Gasteiger partial charge in [0.1, 0.15) is 0 Å². The molecule has 1 aromatic heterocycles. The van der Waals surface area contributed by atoms with E-state index in [4.69, 9.17) is 24.4 Å². The van der Waals surface area contributed by atoms with E-state index in [0.717, 1.165) is 44.6 Å². The van der Waals surface area contributed by atoms with Crippen molar-refractivity contribution >= 4 is 35.2 Å². The Kier molecular flexibility index (Phi) is 8.69. The number of aromatic nitrogens is 3. The zero-order valence-corrected chi connectivity index (χ0v) is 26.4. The fraction of sp³-hybridized carbons (Fsp3) is 0.485. The highest BCUT2D eigenvalue weighted by Crippen LogP contribution is 2.31. The van der Waals surface area contributed by atoms with E-state index in [9.17, 15) is 9.59 Å². The maximum Gasteiger partial charge on any atom is 0.323 e. The highest BCUT2D eigenvalue weighted by molar-refractivity contribution is 6.00. The zero-order valence-electron chi connectivity index (χ0n) is 26.4. The Morgan fingerprint density at radius 1 is 0.804 bits per heavy atom. The van der Waals surface area contributed by atoms with Crippen LogP contribution in [0.25, 0.3) is 11.4 Å². The van der Waals surface area contributed by atoms with Gasteiger partial charge in [0.2, 0.25) is 11.9 Å². The molecule has 4 aliphatic rings. The second-order valence-electron chi connectivity index (χ2n) is 12.6. The van der Waals surface area contributed by atoms with E-state index in [0.29, 0.717) is 67.5 Å². The fourth-order valence-electron chi connectivity index (χ4n) is 6.44. The minimum Gasteiger partial charge on any atom is -0.377 e. The maximum absolute atomic E-state index is 12.8. The average Bonchev–Trinajstić information content (AvgIpc) is 3.42. The molecule has 2 bridgehead atoms. The molecule has 3 aromatic rings. The highest BCUT2D eigenvalue weighted by Gasteiger charge is 2.35. The number of nitrogens with zero attached hydrogens (tertiary/aromatic N) is 7. The molecule has 3 amide bonds. The first-order valence-corrected chi connectivity index (χ1v) is 16.1. The molecule has 0 saturated carbocycles. The number of hydrogen-bond donors (Lipinski definition) is 2. The third kappa shape index (κ3) is 6.76. The summed E-state index contributed by atoms with van der Waals surface area (Å²) in [6.07, 6.45) is 2.56. The van der Waals surface area contributed by atoms with Crippen molar-refractivity contribution in [2.45, 2.75) is 38.0 Å². The van der Waals surface area contributed by atoms with Gasteiger partial charge in [-0.1, -0.05) is 0 Å². The largest absolute Gasteiger partial charge is 0.377 e. The van der Waals surface area contributed by atoms with E-state index in [1.165, 1.54) is 0 Å². The van der Waals surface area contributed by atoms with Crippen molar-refractivity contribution in [3.05, 3.63) is 54.1 Å². The summed E-state index contributed by atoms with van der Waals surface area (Å²) in [6.45, 7) is 8.79. The maximum atomic E-state index is 12.8. The number of nitrogens with one attached hydrogen (secondary N) is 2. The predicted molar refractivity (Wildman–Crippen MR) is 175 cm³/mol. The van der Waals surface area contributed by atoms with Crippen LogP contribution < -0.4 is 20.4 Å². The van der Waals surface area contributed by atoms with E-state index in [2.05, 4.69) is 39.3 Å². The monoisotopic (exact) mass is 627 g/mol. The molecule has 3 atom stereocenters. The van der Waals surface area contributed by atoms with Crippen LogP contribution in [0.15, 0.2) is 48.5 Å². The van der Waals surface area contributed by atoms with Crippen molar-refractivity contribution in [3.8, 4) is 11.4 Å². The molecule has 4 fully saturated rings. The molecule has 2 N–H and O–H groups in total. The minimum atomic E-state index is -0.376. The molecule has 4 aliphatic heterocycles. The van der Waals surface area contributed by atoms with E-state index in [-0.39, 0.29) is 30.2 Å². The molecule has 2 aromatic carbocycles. The molecule has 0 aliphatic carbocycles. The molecule has 5 heterocycles. The van der Waals surface area contributed by atoms with E-state index < -0.39 is 0 Å². The molecule has 242 valence electrons. The van der Waals surface area contributed by atoms with Crippen molar-refractivity contribution in [2.75, 3.05) is 86.5 Å². The Hall–Kier alpha value is -4.33. The van der Waals surface area contributed by atoms with Gasteiger partial charge in [0.15, 0.2) is 5.82 Å². The Labute approximate surface area is 268 Å². The van der Waals surface area contributed by atoms with Crippen molar-refractivity contribution in [2.24, 2.45) is 0 Å². The summed E-state index contributed by atoms with van der Waals surface area (Å²) in [5.74, 6) is 1.90. The summed E-state index contributed by atoms with van der Waals surface area (Å²) >= 11 is 0. The first-order chi connectivity index (χ1) is 22.4. The number of ether oxygens (including phenoxy) is 2. The van der Waals surface area contributed by atoms with Gasteiger partial charge in [-0.05, 0) is 75.3 Å². The zero-order chi connectivity index (χ0) is 31.6. The Morgan fingerprint density at radius 2 is 1.43 bits per heavy atom. The number of morpholine rings is 2. The number of likely N-dealkylation sites (N-methyl/N-ethyl adjacent to an activating group) is 1. The van der Waals surface area contributed by atoms with Gasteiger partial charge in [-0.2, -0.15) is 15.0 Å². The molecule has 0 radical (unpaired) electrons. The van der Waals surface area contributed by atoms with Crippen LogP contribution >= 0.6 is 0 Å². The summed E-state index contributed by atoms with van der Waals surface area (Å²) < 4.78 is 11.7. The van der Waals surface area contributed by atoms with Crippen molar-refractivity contribution in [1.82, 2.24) is 24.8 Å². The van der Waals surface area contributed by atoms with Gasteiger partial charge in [0.05, 0.1) is 31.5 Å². The second-order valence-corrected chi connectivity index (χ2v) is 12.6. The van der Waals surface area contributed by atoms with Crippen LogP contribution in [0.4, 0.5) is 28.1 Å². The van der Waals surface area contributed by atoms with Crippen LogP contribution in [-0.2, 0) is 9.47 Å². The van der Waals surface area contributed by atoms with Crippen molar-refractivity contribution < 1.29 is 19.1 Å². The number of benzene rings is 2. The number of fused-ring (bicyclic) bond motifs is 2. The standard InChI is InChI=1S/C33H41N9O4/c1-22-21-45-18-17-42(22)32-37-29(36-31(38-32)41-19-27-11-12-28(20-41)46-27)23-3-7-25(8-4-23)34-33(44)35-26-9-5-24(6-10-26)30(43)40-15-13-39(2)14-16-40/h3-10,22,27-28H,11-21H2,1-2H3,(H2,34,35,44). The lowest BCUT2D eigenvalue weighted by atomic mass is 10.1. The lowest BCUT2D eigenvalue weighted by molar-refractivity contribution is 0.0299. The van der Waals surface area contributed by atoms with Crippen molar-refractivity contribution in [1.29, 1.82) is 0 Å². The minimum absolute atomic E-state index is 0.0121. The van der Waals surface area contributed by atoms with Crippen LogP contribution in [0.2, 0.25) is 0 Å². The third-order valence-corrected chi connectivity index (χ3v) is 9.14. The molecule has 46 heavy (non-hydrogen) atoms. The topological polar surface area (TPSA) is 128 Å². The van der Waals surface area contributed by atoms with Gasteiger partial charge >= 0.3 is 6.03 Å². The average molecular weight is 628 g/mol. The van der Waals surface area contributed by atoms with Gasteiger partial charge in [0.25, 0.3) is 5.91 Å². The summed E-state index contributed by atoms with van der Waals surface area (Å²) in [7, 11) is 2.06. The first-order valence-electron chi connectivity index (χ1n) is 16.1. The molecule has 13 nitrogen and oxygen atoms in total. The normalized spacial score (nSPS) is 23.3. The molecule has 4 saturated heterocycles. The van der Waals surface area contributed by atoms with Crippen LogP contribution in [0.1, 0.15) is 30.1 Å². The third-order valence-electron chi connectivity index (χ3n) is 9.14. The number of urea groups is 1. The molecule has 0 spiro atoms. The molecular formula is C33H41N9O4. The van der Waals surface area contributed by atoms with Crippen molar-refractivity contribution in [3.63, 3.8) is 0 Å². The Morgan fingerprint density at radius 3 is 2.09 bits per heavy atom. The number of carbonyl (C=O) groups excluding carboxylic acids is 2. The lowest BCUT2D eigenvalue weighted by Gasteiger charge is -2.35. The van der Waals surface area contributed by atoms with Gasteiger partial charge < -0.3 is 39.7 Å². The van der Waals surface area contributed by atoms with Crippen LogP contribution in [0.5, 0.6) is 0 Å². The number of amides is 3. The number of anilines is 4. The Balaban J connectivity index is 1.02. The lowest BCUT2D eigenvalue weighted by Crippen LogP contribution is -2.47. The summed E-state index contributed by atoms with van der Waals surface area (Å²) in [5.41, 5.74) is 2.67. The summed E-state index contributed by atoms with van der Waals surface area (Å²) in [6, 6.07) is 14.3. The first kappa shape index (κ1) is 30.3. The molecule has 3 unspecified atom stereocenters. The van der Waals surface area contributed by atoms with E-state index in [1.807, 2.05) is 29.2 Å². The summed E-state index contributed by atoms with van der Waals surface area (Å²) in [4.78, 5) is 48.8. The second kappa shape index (κ2) is 13.2.